The highest BCUT2D eigenvalue weighted by atomic mass is 16.1. The second-order valence-electron chi connectivity index (χ2n) is 4.14. The largest absolute Gasteiger partial charge is 0.341 e. The van der Waals surface area contributed by atoms with Crippen LogP contribution in [0.3, 0.4) is 0 Å². The Labute approximate surface area is 94.4 Å². The van der Waals surface area contributed by atoms with Gasteiger partial charge in [0.05, 0.1) is 0 Å². The van der Waals surface area contributed by atoms with E-state index in [4.69, 9.17) is 0 Å². The van der Waals surface area contributed by atoms with Gasteiger partial charge in [0.1, 0.15) is 0 Å². The molecule has 0 saturated carbocycles. The molecule has 1 aliphatic rings. The number of amides is 1. The lowest BCUT2D eigenvalue weighted by molar-refractivity contribution is -0.117. The predicted octanol–water partition coefficient (Wildman–Crippen LogP) is 3.24. The van der Waals surface area contributed by atoms with Crippen LogP contribution in [0.1, 0.15) is 47.5 Å². The molecule has 0 aromatic carbocycles. The molecule has 0 fully saturated rings. The van der Waals surface area contributed by atoms with Gasteiger partial charge in [0.2, 0.25) is 6.41 Å². The van der Waals surface area contributed by atoms with Crippen molar-refractivity contribution in [3.8, 4) is 0 Å². The van der Waals surface area contributed by atoms with Crippen LogP contribution in [0.15, 0.2) is 11.1 Å². The second kappa shape index (κ2) is 7.49. The Bertz CT molecular complexity index is 219. The van der Waals surface area contributed by atoms with Crippen molar-refractivity contribution in [2.24, 2.45) is 5.92 Å². The summed E-state index contributed by atoms with van der Waals surface area (Å²) in [6.07, 6.45) is 3.24. The monoisotopic (exact) mass is 211 g/mol. The number of rotatable bonds is 2. The topological polar surface area (TPSA) is 20.3 Å². The van der Waals surface area contributed by atoms with Gasteiger partial charge in [-0.1, -0.05) is 33.3 Å². The number of allylic oxidation sites excluding steroid dienone is 1. The molecule has 0 bridgehead atoms. The Morgan fingerprint density at radius 2 is 1.93 bits per heavy atom. The summed E-state index contributed by atoms with van der Waals surface area (Å²) < 4.78 is 0. The summed E-state index contributed by atoms with van der Waals surface area (Å²) in [5, 5.41) is 0. The third kappa shape index (κ3) is 4.50. The van der Waals surface area contributed by atoms with E-state index in [9.17, 15) is 4.79 Å². The molecule has 1 rings (SSSR count). The van der Waals surface area contributed by atoms with E-state index in [2.05, 4.69) is 20.8 Å². The van der Waals surface area contributed by atoms with Crippen LogP contribution < -0.4 is 0 Å². The van der Waals surface area contributed by atoms with E-state index in [0.717, 1.165) is 32.3 Å². The summed E-state index contributed by atoms with van der Waals surface area (Å²) in [6.45, 7) is 12.4. The van der Waals surface area contributed by atoms with Crippen molar-refractivity contribution in [2.45, 2.75) is 47.5 Å². The van der Waals surface area contributed by atoms with Crippen LogP contribution in [-0.4, -0.2) is 24.4 Å². The minimum absolute atomic E-state index is 0.570. The van der Waals surface area contributed by atoms with E-state index in [1.165, 1.54) is 11.1 Å². The molecule has 1 heterocycles. The molecule has 0 N–H and O–H groups in total. The third-order valence-corrected chi connectivity index (χ3v) is 2.76. The summed E-state index contributed by atoms with van der Waals surface area (Å²) >= 11 is 0. The van der Waals surface area contributed by atoms with Gasteiger partial charge in [0.25, 0.3) is 0 Å². The Balaban J connectivity index is 0.000000921. The molecule has 1 amide bonds. The van der Waals surface area contributed by atoms with Gasteiger partial charge < -0.3 is 4.90 Å². The van der Waals surface area contributed by atoms with Gasteiger partial charge in [-0.15, -0.1) is 0 Å². The fourth-order valence-corrected chi connectivity index (χ4v) is 1.91. The molecule has 0 spiro atoms. The SMILES string of the molecule is CC.CC1=C(C(C)C)CN(C=O)CCC1. The molecule has 0 saturated heterocycles. The summed E-state index contributed by atoms with van der Waals surface area (Å²) in [5.41, 5.74) is 2.93. The van der Waals surface area contributed by atoms with Gasteiger partial charge in [0.15, 0.2) is 0 Å². The average molecular weight is 211 g/mol. The van der Waals surface area contributed by atoms with Crippen molar-refractivity contribution < 1.29 is 4.79 Å². The molecule has 0 unspecified atom stereocenters. The van der Waals surface area contributed by atoms with Crippen molar-refractivity contribution in [1.29, 1.82) is 0 Å². The van der Waals surface area contributed by atoms with Crippen molar-refractivity contribution >= 4 is 6.41 Å². The van der Waals surface area contributed by atoms with Crippen molar-refractivity contribution in [3.63, 3.8) is 0 Å². The summed E-state index contributed by atoms with van der Waals surface area (Å²) in [7, 11) is 0. The van der Waals surface area contributed by atoms with Gasteiger partial charge in [-0.05, 0) is 31.3 Å². The lowest BCUT2D eigenvalue weighted by Crippen LogP contribution is -2.25. The first-order chi connectivity index (χ1) is 7.15. The molecule has 2 nitrogen and oxygen atoms in total. The van der Waals surface area contributed by atoms with Crippen LogP contribution in [-0.2, 0) is 4.79 Å². The summed E-state index contributed by atoms with van der Waals surface area (Å²) in [4.78, 5) is 12.6. The minimum atomic E-state index is 0.570. The van der Waals surface area contributed by atoms with Crippen molar-refractivity contribution in [3.05, 3.63) is 11.1 Å². The van der Waals surface area contributed by atoms with Crippen LogP contribution in [0.25, 0.3) is 0 Å². The lowest BCUT2D eigenvalue weighted by Gasteiger charge is -2.19. The molecular formula is C13H25NO. The third-order valence-electron chi connectivity index (χ3n) is 2.76. The van der Waals surface area contributed by atoms with Gasteiger partial charge in [-0.2, -0.15) is 0 Å². The van der Waals surface area contributed by atoms with Crippen molar-refractivity contribution in [1.82, 2.24) is 4.90 Å². The zero-order valence-electron chi connectivity index (χ0n) is 10.8. The van der Waals surface area contributed by atoms with E-state index >= 15 is 0 Å². The normalized spacial score (nSPS) is 17.1. The molecule has 15 heavy (non-hydrogen) atoms. The lowest BCUT2D eigenvalue weighted by atomic mass is 9.96. The predicted molar refractivity (Wildman–Crippen MR) is 65.8 cm³/mol. The van der Waals surface area contributed by atoms with Gasteiger partial charge in [0, 0.05) is 13.1 Å². The van der Waals surface area contributed by atoms with Gasteiger partial charge in [-0.25, -0.2) is 0 Å². The molecule has 0 radical (unpaired) electrons. The first kappa shape index (κ1) is 14.2. The number of carbonyl (C=O) groups is 1. The second-order valence-corrected chi connectivity index (χ2v) is 4.14. The van der Waals surface area contributed by atoms with Crippen LogP contribution in [0.2, 0.25) is 0 Å². The first-order valence-electron chi connectivity index (χ1n) is 6.03. The van der Waals surface area contributed by atoms with E-state index in [1.807, 2.05) is 18.7 Å². The zero-order chi connectivity index (χ0) is 11.8. The minimum Gasteiger partial charge on any atom is -0.341 e. The van der Waals surface area contributed by atoms with E-state index in [-0.39, 0.29) is 0 Å². The maximum atomic E-state index is 10.7. The highest BCUT2D eigenvalue weighted by molar-refractivity contribution is 5.48. The molecule has 0 aromatic heterocycles. The van der Waals surface area contributed by atoms with Crippen LogP contribution in [0, 0.1) is 5.92 Å². The zero-order valence-corrected chi connectivity index (χ0v) is 10.8. The molecule has 0 aliphatic carbocycles. The summed E-state index contributed by atoms with van der Waals surface area (Å²) in [5.74, 6) is 0.570. The Hall–Kier alpha value is -0.790. The maximum Gasteiger partial charge on any atom is 0.209 e. The molecule has 1 aliphatic heterocycles. The van der Waals surface area contributed by atoms with Crippen molar-refractivity contribution in [2.75, 3.05) is 13.1 Å². The first-order valence-corrected chi connectivity index (χ1v) is 6.03. The number of carbonyl (C=O) groups excluding carboxylic acids is 1. The van der Waals surface area contributed by atoms with Crippen LogP contribution in [0.4, 0.5) is 0 Å². The van der Waals surface area contributed by atoms with E-state index < -0.39 is 0 Å². The number of hydrogen-bond acceptors (Lipinski definition) is 1. The Morgan fingerprint density at radius 3 is 2.40 bits per heavy atom. The smallest absolute Gasteiger partial charge is 0.209 e. The van der Waals surface area contributed by atoms with E-state index in [0.29, 0.717) is 5.92 Å². The van der Waals surface area contributed by atoms with Gasteiger partial charge in [-0.3, -0.25) is 4.79 Å². The number of nitrogens with zero attached hydrogens (tertiary/aromatic N) is 1. The number of hydrogen-bond donors (Lipinski definition) is 0. The molecule has 0 atom stereocenters. The van der Waals surface area contributed by atoms with Crippen LogP contribution in [0.5, 0.6) is 0 Å². The highest BCUT2D eigenvalue weighted by Gasteiger charge is 2.15. The Morgan fingerprint density at radius 1 is 1.33 bits per heavy atom. The van der Waals surface area contributed by atoms with Gasteiger partial charge >= 0.3 is 0 Å². The molecule has 0 aromatic rings. The molecule has 2 heteroatoms. The average Bonchev–Trinajstić information content (AvgIpc) is 2.43. The standard InChI is InChI=1S/C11H19NO.C2H6/c1-9(2)11-7-12(8-13)6-4-5-10(11)3;1-2/h8-9H,4-7H2,1-3H3;1-2H3. The maximum absolute atomic E-state index is 10.7. The summed E-state index contributed by atoms with van der Waals surface area (Å²) in [6, 6.07) is 0. The Kier molecular flexibility index (Phi) is 7.10. The fourth-order valence-electron chi connectivity index (χ4n) is 1.91. The quantitative estimate of drug-likeness (QED) is 0.507. The van der Waals surface area contributed by atoms with Crippen LogP contribution >= 0.6 is 0 Å². The molecule has 88 valence electrons. The van der Waals surface area contributed by atoms with E-state index in [1.54, 1.807) is 0 Å². The fraction of sp³-hybridized carbons (Fsp3) is 0.769. The molecular weight excluding hydrogens is 186 g/mol. The highest BCUT2D eigenvalue weighted by Crippen LogP contribution is 2.22.